The average Bonchev–Trinajstić information content (AvgIpc) is 2.43. The van der Waals surface area contributed by atoms with E-state index in [1.807, 2.05) is 25.3 Å². The summed E-state index contributed by atoms with van der Waals surface area (Å²) in [5.74, 6) is 0. The van der Waals surface area contributed by atoms with Crippen LogP contribution < -0.4 is 5.73 Å². The Morgan fingerprint density at radius 3 is 2.63 bits per heavy atom. The van der Waals surface area contributed by atoms with Crippen LogP contribution in [0.25, 0.3) is 0 Å². The molecule has 0 fully saturated rings. The fraction of sp³-hybridized carbons (Fsp3) is 0.312. The van der Waals surface area contributed by atoms with Crippen LogP contribution in [0.15, 0.2) is 42.6 Å². The van der Waals surface area contributed by atoms with Crippen LogP contribution in [0.2, 0.25) is 0 Å². The number of nitrogens with two attached hydrogens (primary N) is 1. The van der Waals surface area contributed by atoms with E-state index in [0.29, 0.717) is 0 Å². The van der Waals surface area contributed by atoms with Gasteiger partial charge in [-0.05, 0) is 42.8 Å². The Bertz CT molecular complexity index is 523. The summed E-state index contributed by atoms with van der Waals surface area (Å²) in [7, 11) is 0. The Morgan fingerprint density at radius 1 is 1.16 bits per heavy atom. The van der Waals surface area contributed by atoms with Gasteiger partial charge in [0.1, 0.15) is 0 Å². The Labute approximate surface area is 115 Å². The first-order valence-electron chi connectivity index (χ1n) is 6.66. The highest BCUT2D eigenvalue weighted by Crippen LogP contribution is 2.15. The molecule has 3 heteroatoms. The lowest BCUT2D eigenvalue weighted by molar-refractivity contribution is 0.268. The first-order chi connectivity index (χ1) is 9.19. The lowest BCUT2D eigenvalue weighted by atomic mass is 10.1. The van der Waals surface area contributed by atoms with Crippen LogP contribution in [-0.4, -0.2) is 16.4 Å². The molecule has 1 aromatic heterocycles. The summed E-state index contributed by atoms with van der Waals surface area (Å²) < 4.78 is 0. The van der Waals surface area contributed by atoms with Gasteiger partial charge in [-0.1, -0.05) is 25.1 Å². The molecule has 2 rings (SSSR count). The van der Waals surface area contributed by atoms with E-state index in [4.69, 9.17) is 5.73 Å². The highest BCUT2D eigenvalue weighted by molar-refractivity contribution is 5.48. The number of benzene rings is 1. The van der Waals surface area contributed by atoms with Gasteiger partial charge in [-0.25, -0.2) is 0 Å². The first kappa shape index (κ1) is 13.6. The van der Waals surface area contributed by atoms with Crippen molar-refractivity contribution in [2.24, 2.45) is 0 Å². The molecule has 100 valence electrons. The van der Waals surface area contributed by atoms with Crippen LogP contribution >= 0.6 is 0 Å². The molecule has 0 amide bonds. The van der Waals surface area contributed by atoms with Crippen LogP contribution in [0.1, 0.15) is 23.7 Å². The summed E-state index contributed by atoms with van der Waals surface area (Å²) in [6.07, 6.45) is 1.84. The Morgan fingerprint density at radius 2 is 2.00 bits per heavy atom. The van der Waals surface area contributed by atoms with Gasteiger partial charge in [0, 0.05) is 25.0 Å². The number of nitrogens with zero attached hydrogens (tertiary/aromatic N) is 2. The summed E-state index contributed by atoms with van der Waals surface area (Å²) in [6.45, 7) is 6.96. The number of rotatable bonds is 5. The van der Waals surface area contributed by atoms with Gasteiger partial charge < -0.3 is 5.73 Å². The number of hydrogen-bond donors (Lipinski definition) is 1. The van der Waals surface area contributed by atoms with Gasteiger partial charge in [0.15, 0.2) is 0 Å². The topological polar surface area (TPSA) is 42.1 Å². The molecule has 2 N–H and O–H groups in total. The van der Waals surface area contributed by atoms with E-state index in [1.165, 1.54) is 5.56 Å². The fourth-order valence-corrected chi connectivity index (χ4v) is 2.05. The smallest absolute Gasteiger partial charge is 0.0544 e. The van der Waals surface area contributed by atoms with Crippen molar-refractivity contribution in [3.8, 4) is 0 Å². The number of hydrogen-bond acceptors (Lipinski definition) is 3. The monoisotopic (exact) mass is 255 g/mol. The van der Waals surface area contributed by atoms with Crippen LogP contribution in [0.3, 0.4) is 0 Å². The second kappa shape index (κ2) is 6.34. The third kappa shape index (κ3) is 3.80. The molecular formula is C16H21N3. The van der Waals surface area contributed by atoms with E-state index < -0.39 is 0 Å². The van der Waals surface area contributed by atoms with Crippen molar-refractivity contribution in [3.63, 3.8) is 0 Å². The molecule has 0 aliphatic heterocycles. The SMILES string of the molecule is CCN(Cc1ccc(C)c(N)c1)Cc1ccccn1. The molecule has 0 radical (unpaired) electrons. The van der Waals surface area contributed by atoms with Gasteiger partial charge in [-0.3, -0.25) is 9.88 Å². The summed E-state index contributed by atoms with van der Waals surface area (Å²) in [6, 6.07) is 12.3. The number of anilines is 1. The molecule has 0 unspecified atom stereocenters. The van der Waals surface area contributed by atoms with Crippen molar-refractivity contribution < 1.29 is 0 Å². The zero-order valence-corrected chi connectivity index (χ0v) is 11.6. The molecule has 0 atom stereocenters. The molecule has 19 heavy (non-hydrogen) atoms. The molecule has 0 bridgehead atoms. The number of nitrogen functional groups attached to an aromatic ring is 1. The van der Waals surface area contributed by atoms with E-state index in [0.717, 1.165) is 36.6 Å². The summed E-state index contributed by atoms with van der Waals surface area (Å²) in [4.78, 5) is 6.73. The predicted molar refractivity (Wildman–Crippen MR) is 79.6 cm³/mol. The molecule has 0 aliphatic carbocycles. The molecule has 0 saturated heterocycles. The zero-order chi connectivity index (χ0) is 13.7. The quantitative estimate of drug-likeness (QED) is 0.835. The third-order valence-corrected chi connectivity index (χ3v) is 3.31. The van der Waals surface area contributed by atoms with Crippen LogP contribution in [0, 0.1) is 6.92 Å². The standard InChI is InChI=1S/C16H21N3/c1-3-19(12-15-6-4-5-9-18-15)11-14-8-7-13(2)16(17)10-14/h4-10H,3,11-12,17H2,1-2H3. The molecule has 2 aromatic rings. The second-order valence-corrected chi connectivity index (χ2v) is 4.82. The molecule has 1 heterocycles. The van der Waals surface area contributed by atoms with Crippen LogP contribution in [0.4, 0.5) is 5.69 Å². The fourth-order valence-electron chi connectivity index (χ4n) is 2.05. The summed E-state index contributed by atoms with van der Waals surface area (Å²) in [5.41, 5.74) is 10.3. The van der Waals surface area contributed by atoms with Crippen molar-refractivity contribution in [2.75, 3.05) is 12.3 Å². The minimum absolute atomic E-state index is 0.866. The zero-order valence-electron chi connectivity index (χ0n) is 11.6. The average molecular weight is 255 g/mol. The van der Waals surface area contributed by atoms with Crippen LogP contribution in [0.5, 0.6) is 0 Å². The highest BCUT2D eigenvalue weighted by atomic mass is 15.1. The Balaban J connectivity index is 2.04. The van der Waals surface area contributed by atoms with Crippen LogP contribution in [-0.2, 0) is 13.1 Å². The lowest BCUT2D eigenvalue weighted by Crippen LogP contribution is -2.22. The van der Waals surface area contributed by atoms with Crippen molar-refractivity contribution >= 4 is 5.69 Å². The Kier molecular flexibility index (Phi) is 4.53. The number of aromatic nitrogens is 1. The normalized spacial score (nSPS) is 10.9. The Hall–Kier alpha value is -1.87. The second-order valence-electron chi connectivity index (χ2n) is 4.82. The molecule has 1 aromatic carbocycles. The van der Waals surface area contributed by atoms with Gasteiger partial charge in [-0.2, -0.15) is 0 Å². The minimum atomic E-state index is 0.866. The highest BCUT2D eigenvalue weighted by Gasteiger charge is 2.06. The predicted octanol–water partition coefficient (Wildman–Crippen LogP) is 2.99. The maximum absolute atomic E-state index is 5.96. The first-order valence-corrected chi connectivity index (χ1v) is 6.66. The maximum atomic E-state index is 5.96. The third-order valence-electron chi connectivity index (χ3n) is 3.31. The van der Waals surface area contributed by atoms with Crippen molar-refractivity contribution in [2.45, 2.75) is 26.9 Å². The van der Waals surface area contributed by atoms with Gasteiger partial charge in [0.2, 0.25) is 0 Å². The van der Waals surface area contributed by atoms with Crippen molar-refractivity contribution in [1.82, 2.24) is 9.88 Å². The van der Waals surface area contributed by atoms with Gasteiger partial charge in [0.05, 0.1) is 5.69 Å². The van der Waals surface area contributed by atoms with Gasteiger partial charge in [-0.15, -0.1) is 0 Å². The molecule has 0 aliphatic rings. The molecule has 0 saturated carbocycles. The molecule has 0 spiro atoms. The van der Waals surface area contributed by atoms with E-state index in [2.05, 4.69) is 41.1 Å². The lowest BCUT2D eigenvalue weighted by Gasteiger charge is -2.20. The molecular weight excluding hydrogens is 234 g/mol. The van der Waals surface area contributed by atoms with E-state index in [-0.39, 0.29) is 0 Å². The van der Waals surface area contributed by atoms with E-state index >= 15 is 0 Å². The summed E-state index contributed by atoms with van der Waals surface area (Å²) >= 11 is 0. The minimum Gasteiger partial charge on any atom is -0.399 e. The van der Waals surface area contributed by atoms with E-state index in [9.17, 15) is 0 Å². The number of pyridine rings is 1. The van der Waals surface area contributed by atoms with Gasteiger partial charge in [0.25, 0.3) is 0 Å². The van der Waals surface area contributed by atoms with Gasteiger partial charge >= 0.3 is 0 Å². The largest absolute Gasteiger partial charge is 0.399 e. The summed E-state index contributed by atoms with van der Waals surface area (Å²) in [5, 5.41) is 0. The number of aryl methyl sites for hydroxylation is 1. The molecule has 3 nitrogen and oxygen atoms in total. The van der Waals surface area contributed by atoms with E-state index in [1.54, 1.807) is 0 Å². The van der Waals surface area contributed by atoms with Crippen molar-refractivity contribution in [1.29, 1.82) is 0 Å². The maximum Gasteiger partial charge on any atom is 0.0544 e. The van der Waals surface area contributed by atoms with Crippen molar-refractivity contribution in [3.05, 3.63) is 59.4 Å².